The van der Waals surface area contributed by atoms with E-state index in [1.54, 1.807) is 11.1 Å². The highest BCUT2D eigenvalue weighted by Gasteiger charge is 2.21. The number of hydrogen-bond donors (Lipinski definition) is 0. The van der Waals surface area contributed by atoms with Gasteiger partial charge in [0, 0.05) is 9.75 Å². The SMILES string of the molecule is c1sc(-c2cc(C3CCCC3)cs2)cc1C1CCCC1. The van der Waals surface area contributed by atoms with Crippen LogP contribution in [0, 0.1) is 0 Å². The van der Waals surface area contributed by atoms with Crippen LogP contribution in [0.4, 0.5) is 0 Å². The fourth-order valence-corrected chi connectivity index (χ4v) is 6.00. The van der Waals surface area contributed by atoms with Crippen molar-refractivity contribution in [2.45, 2.75) is 63.2 Å². The lowest BCUT2D eigenvalue weighted by Gasteiger charge is -2.04. The van der Waals surface area contributed by atoms with E-state index in [1.165, 1.54) is 61.1 Å². The van der Waals surface area contributed by atoms with Crippen LogP contribution in [0.15, 0.2) is 22.9 Å². The van der Waals surface area contributed by atoms with Gasteiger partial charge in [-0.1, -0.05) is 25.7 Å². The van der Waals surface area contributed by atoms with Crippen LogP contribution >= 0.6 is 22.7 Å². The first kappa shape index (κ1) is 13.1. The summed E-state index contributed by atoms with van der Waals surface area (Å²) in [6.07, 6.45) is 11.4. The van der Waals surface area contributed by atoms with Crippen LogP contribution in [0.2, 0.25) is 0 Å². The largest absolute Gasteiger partial charge is 0.143 e. The molecule has 2 aliphatic rings. The Kier molecular flexibility index (Phi) is 3.70. The van der Waals surface area contributed by atoms with Crippen molar-refractivity contribution in [3.63, 3.8) is 0 Å². The average molecular weight is 303 g/mol. The predicted molar refractivity (Wildman–Crippen MR) is 90.1 cm³/mol. The Bertz CT molecular complexity index is 514. The minimum Gasteiger partial charge on any atom is -0.143 e. The van der Waals surface area contributed by atoms with Crippen molar-refractivity contribution in [1.29, 1.82) is 0 Å². The van der Waals surface area contributed by atoms with Crippen molar-refractivity contribution in [2.24, 2.45) is 0 Å². The van der Waals surface area contributed by atoms with Crippen molar-refractivity contribution < 1.29 is 0 Å². The fraction of sp³-hybridized carbons (Fsp3) is 0.556. The topological polar surface area (TPSA) is 0 Å². The van der Waals surface area contributed by atoms with Crippen LogP contribution < -0.4 is 0 Å². The smallest absolute Gasteiger partial charge is 0.0445 e. The third-order valence-electron chi connectivity index (χ3n) is 5.14. The van der Waals surface area contributed by atoms with Gasteiger partial charge in [0.1, 0.15) is 0 Å². The molecule has 2 fully saturated rings. The van der Waals surface area contributed by atoms with Gasteiger partial charge in [-0.25, -0.2) is 0 Å². The van der Waals surface area contributed by atoms with E-state index in [2.05, 4.69) is 22.9 Å². The standard InChI is InChI=1S/C18H22S2/c1-2-6-13(5-1)15-9-17(19-11-15)18-10-16(12-20-18)14-7-3-4-8-14/h9-14H,1-8H2. The minimum absolute atomic E-state index is 0.856. The maximum atomic E-state index is 2.48. The van der Waals surface area contributed by atoms with E-state index in [0.717, 1.165) is 11.8 Å². The van der Waals surface area contributed by atoms with Gasteiger partial charge in [0.15, 0.2) is 0 Å². The normalized spacial score (nSPS) is 21.0. The van der Waals surface area contributed by atoms with Gasteiger partial charge in [-0.2, -0.15) is 0 Å². The van der Waals surface area contributed by atoms with E-state index in [4.69, 9.17) is 0 Å². The van der Waals surface area contributed by atoms with Crippen LogP contribution in [0.5, 0.6) is 0 Å². The summed E-state index contributed by atoms with van der Waals surface area (Å²) in [6, 6.07) is 4.95. The molecule has 2 aromatic rings. The first-order valence-corrected chi connectivity index (χ1v) is 9.83. The Labute approximate surface area is 129 Å². The van der Waals surface area contributed by atoms with Crippen molar-refractivity contribution in [3.8, 4) is 9.75 Å². The zero-order chi connectivity index (χ0) is 13.4. The maximum absolute atomic E-state index is 2.48. The molecule has 0 unspecified atom stereocenters. The molecule has 0 aromatic carbocycles. The monoisotopic (exact) mass is 302 g/mol. The summed E-state index contributed by atoms with van der Waals surface area (Å²) in [6.45, 7) is 0. The number of hydrogen-bond acceptors (Lipinski definition) is 2. The van der Waals surface area contributed by atoms with E-state index < -0.39 is 0 Å². The molecular formula is C18H22S2. The zero-order valence-electron chi connectivity index (χ0n) is 11.9. The molecule has 2 saturated carbocycles. The van der Waals surface area contributed by atoms with Crippen LogP contribution in [0.1, 0.15) is 74.3 Å². The minimum atomic E-state index is 0.856. The summed E-state index contributed by atoms with van der Waals surface area (Å²) >= 11 is 3.91. The molecule has 20 heavy (non-hydrogen) atoms. The quantitative estimate of drug-likeness (QED) is 0.585. The summed E-state index contributed by atoms with van der Waals surface area (Å²) < 4.78 is 0. The highest BCUT2D eigenvalue weighted by molar-refractivity contribution is 7.20. The van der Waals surface area contributed by atoms with Crippen molar-refractivity contribution in [2.75, 3.05) is 0 Å². The molecule has 4 rings (SSSR count). The van der Waals surface area contributed by atoms with Crippen LogP contribution in [-0.2, 0) is 0 Å². The summed E-state index contributed by atoms with van der Waals surface area (Å²) in [7, 11) is 0. The lowest BCUT2D eigenvalue weighted by atomic mass is 9.99. The Balaban J connectivity index is 1.54. The molecule has 0 spiro atoms. The van der Waals surface area contributed by atoms with Crippen molar-refractivity contribution in [3.05, 3.63) is 34.0 Å². The van der Waals surface area contributed by atoms with Gasteiger partial charge < -0.3 is 0 Å². The second-order valence-electron chi connectivity index (χ2n) is 6.45. The molecule has 2 heterocycles. The Hall–Kier alpha value is -0.600. The average Bonchev–Trinajstić information content (AvgIpc) is 3.22. The molecule has 0 nitrogen and oxygen atoms in total. The van der Waals surface area contributed by atoms with E-state index in [9.17, 15) is 0 Å². The summed E-state index contributed by atoms with van der Waals surface area (Å²) in [5.41, 5.74) is 3.22. The van der Waals surface area contributed by atoms with Gasteiger partial charge in [0.25, 0.3) is 0 Å². The third kappa shape index (κ3) is 2.48. The van der Waals surface area contributed by atoms with Crippen molar-refractivity contribution >= 4 is 22.7 Å². The molecule has 0 atom stereocenters. The van der Waals surface area contributed by atoms with E-state index in [1.807, 2.05) is 22.7 Å². The van der Waals surface area contributed by atoms with Crippen LogP contribution in [0.3, 0.4) is 0 Å². The zero-order valence-corrected chi connectivity index (χ0v) is 13.6. The fourth-order valence-electron chi connectivity index (χ4n) is 3.91. The van der Waals surface area contributed by atoms with E-state index in [0.29, 0.717) is 0 Å². The second kappa shape index (κ2) is 5.65. The highest BCUT2D eigenvalue weighted by atomic mass is 32.1. The predicted octanol–water partition coefficient (Wildman–Crippen LogP) is 6.79. The summed E-state index contributed by atoms with van der Waals surface area (Å²) in [5, 5.41) is 4.83. The lowest BCUT2D eigenvalue weighted by molar-refractivity contribution is 0.726. The second-order valence-corrected chi connectivity index (χ2v) is 8.27. The lowest BCUT2D eigenvalue weighted by Crippen LogP contribution is -1.88. The Morgan fingerprint density at radius 1 is 0.650 bits per heavy atom. The molecule has 2 aromatic heterocycles. The number of rotatable bonds is 3. The maximum Gasteiger partial charge on any atom is 0.0445 e. The van der Waals surface area contributed by atoms with Crippen LogP contribution in [-0.4, -0.2) is 0 Å². The summed E-state index contributed by atoms with van der Waals surface area (Å²) in [4.78, 5) is 3.00. The van der Waals surface area contributed by atoms with E-state index >= 15 is 0 Å². The third-order valence-corrected chi connectivity index (χ3v) is 7.23. The molecule has 0 saturated heterocycles. The molecule has 106 valence electrons. The Morgan fingerprint density at radius 3 is 1.45 bits per heavy atom. The number of thiophene rings is 2. The van der Waals surface area contributed by atoms with Crippen molar-refractivity contribution in [1.82, 2.24) is 0 Å². The van der Waals surface area contributed by atoms with E-state index in [-0.39, 0.29) is 0 Å². The highest BCUT2D eigenvalue weighted by Crippen LogP contribution is 2.42. The molecule has 0 radical (unpaired) electrons. The molecule has 0 N–H and O–H groups in total. The van der Waals surface area contributed by atoms with Gasteiger partial charge in [-0.3, -0.25) is 0 Å². The molecule has 2 heteroatoms. The van der Waals surface area contributed by atoms with Gasteiger partial charge in [0.2, 0.25) is 0 Å². The van der Waals surface area contributed by atoms with Crippen LogP contribution in [0.25, 0.3) is 9.75 Å². The van der Waals surface area contributed by atoms with Gasteiger partial charge in [-0.05, 0) is 71.5 Å². The van der Waals surface area contributed by atoms with Gasteiger partial charge >= 0.3 is 0 Å². The molecule has 2 aliphatic carbocycles. The molecule has 0 bridgehead atoms. The Morgan fingerprint density at radius 2 is 1.05 bits per heavy atom. The van der Waals surface area contributed by atoms with Gasteiger partial charge in [-0.15, -0.1) is 22.7 Å². The first-order chi connectivity index (χ1) is 9.90. The molecule has 0 amide bonds. The first-order valence-electron chi connectivity index (χ1n) is 8.07. The summed E-state index contributed by atoms with van der Waals surface area (Å²) in [5.74, 6) is 1.71. The van der Waals surface area contributed by atoms with Gasteiger partial charge in [0.05, 0.1) is 0 Å². The molecular weight excluding hydrogens is 280 g/mol. The molecule has 0 aliphatic heterocycles.